The van der Waals surface area contributed by atoms with E-state index in [1.165, 1.54) is 5.56 Å². The highest BCUT2D eigenvalue weighted by Gasteiger charge is 2.07. The fraction of sp³-hybridized carbons (Fsp3) is 0.308. The van der Waals surface area contributed by atoms with Crippen LogP contribution in [0, 0.1) is 6.92 Å². The van der Waals surface area contributed by atoms with E-state index in [0.29, 0.717) is 15.7 Å². The number of nitrogens with two attached hydrogens (primary N) is 1. The van der Waals surface area contributed by atoms with Crippen LogP contribution in [0.4, 0.5) is 11.4 Å². The molecular formula is C13H16Cl2N4. The first-order valence-corrected chi connectivity index (χ1v) is 6.80. The molecular weight excluding hydrogens is 283 g/mol. The predicted octanol–water partition coefficient (Wildman–Crippen LogP) is 3.65. The molecule has 0 saturated heterocycles. The number of hydrogen-bond donors (Lipinski definition) is 3. The minimum absolute atomic E-state index is 0.546. The highest BCUT2D eigenvalue weighted by atomic mass is 35.5. The Labute approximate surface area is 122 Å². The highest BCUT2D eigenvalue weighted by Crippen LogP contribution is 2.32. The minimum atomic E-state index is 0.546. The van der Waals surface area contributed by atoms with Crippen molar-refractivity contribution < 1.29 is 0 Å². The molecule has 4 nitrogen and oxygen atoms in total. The summed E-state index contributed by atoms with van der Waals surface area (Å²) in [4.78, 5) is 0. The van der Waals surface area contributed by atoms with Gasteiger partial charge < -0.3 is 11.1 Å². The summed E-state index contributed by atoms with van der Waals surface area (Å²) in [5.74, 6) is 0. The van der Waals surface area contributed by atoms with Crippen LogP contribution >= 0.6 is 23.2 Å². The molecule has 102 valence electrons. The first-order chi connectivity index (χ1) is 9.08. The molecule has 0 atom stereocenters. The fourth-order valence-electron chi connectivity index (χ4n) is 1.88. The SMILES string of the molecule is Cc1[nH]ncc1CCCNc1c(Cl)cc(N)cc1Cl. The monoisotopic (exact) mass is 298 g/mol. The van der Waals surface area contributed by atoms with Crippen LogP contribution in [-0.2, 0) is 6.42 Å². The van der Waals surface area contributed by atoms with E-state index in [2.05, 4.69) is 15.5 Å². The Hall–Kier alpha value is -1.39. The van der Waals surface area contributed by atoms with Crippen LogP contribution < -0.4 is 11.1 Å². The van der Waals surface area contributed by atoms with Gasteiger partial charge in [0.1, 0.15) is 0 Å². The first kappa shape index (κ1) is 14.0. The molecule has 1 aromatic carbocycles. The van der Waals surface area contributed by atoms with Gasteiger partial charge in [-0.05, 0) is 37.5 Å². The lowest BCUT2D eigenvalue weighted by atomic mass is 10.1. The van der Waals surface area contributed by atoms with Gasteiger partial charge in [0.05, 0.1) is 21.9 Å². The quantitative estimate of drug-likeness (QED) is 0.583. The van der Waals surface area contributed by atoms with E-state index < -0.39 is 0 Å². The van der Waals surface area contributed by atoms with Gasteiger partial charge in [0.15, 0.2) is 0 Å². The number of anilines is 2. The average molecular weight is 299 g/mol. The molecule has 2 aromatic rings. The van der Waals surface area contributed by atoms with Crippen LogP contribution in [0.2, 0.25) is 10.0 Å². The van der Waals surface area contributed by atoms with Crippen LogP contribution in [0.25, 0.3) is 0 Å². The molecule has 0 bridgehead atoms. The van der Waals surface area contributed by atoms with E-state index in [-0.39, 0.29) is 0 Å². The molecule has 6 heteroatoms. The van der Waals surface area contributed by atoms with Crippen molar-refractivity contribution in [3.63, 3.8) is 0 Å². The van der Waals surface area contributed by atoms with Crippen molar-refractivity contribution in [1.82, 2.24) is 10.2 Å². The molecule has 1 aromatic heterocycles. The molecule has 0 aliphatic heterocycles. The van der Waals surface area contributed by atoms with Gasteiger partial charge in [0.2, 0.25) is 0 Å². The summed E-state index contributed by atoms with van der Waals surface area (Å²) in [5, 5.41) is 11.3. The van der Waals surface area contributed by atoms with Crippen molar-refractivity contribution in [2.24, 2.45) is 0 Å². The summed E-state index contributed by atoms with van der Waals surface area (Å²) >= 11 is 12.2. The van der Waals surface area contributed by atoms with Gasteiger partial charge in [0, 0.05) is 17.9 Å². The smallest absolute Gasteiger partial charge is 0.0720 e. The van der Waals surface area contributed by atoms with Gasteiger partial charge >= 0.3 is 0 Å². The van der Waals surface area contributed by atoms with E-state index >= 15 is 0 Å². The molecule has 0 unspecified atom stereocenters. The van der Waals surface area contributed by atoms with Crippen molar-refractivity contribution in [2.45, 2.75) is 19.8 Å². The van der Waals surface area contributed by atoms with Crippen molar-refractivity contribution in [2.75, 3.05) is 17.6 Å². The molecule has 2 rings (SSSR count). The lowest BCUT2D eigenvalue weighted by Crippen LogP contribution is -2.04. The summed E-state index contributed by atoms with van der Waals surface area (Å²) in [6.07, 6.45) is 3.79. The van der Waals surface area contributed by atoms with Gasteiger partial charge in [-0.15, -0.1) is 0 Å². The number of nitrogens with zero attached hydrogens (tertiary/aromatic N) is 1. The Morgan fingerprint density at radius 2 is 2.00 bits per heavy atom. The maximum absolute atomic E-state index is 6.10. The lowest BCUT2D eigenvalue weighted by Gasteiger charge is -2.11. The normalized spacial score (nSPS) is 10.7. The van der Waals surface area contributed by atoms with Gasteiger partial charge in [0.25, 0.3) is 0 Å². The average Bonchev–Trinajstić information content (AvgIpc) is 2.73. The van der Waals surface area contributed by atoms with E-state index in [1.807, 2.05) is 13.1 Å². The van der Waals surface area contributed by atoms with Gasteiger partial charge in [-0.1, -0.05) is 23.2 Å². The number of rotatable bonds is 5. The Kier molecular flexibility index (Phi) is 4.56. The zero-order chi connectivity index (χ0) is 13.8. The molecule has 19 heavy (non-hydrogen) atoms. The van der Waals surface area contributed by atoms with E-state index in [1.54, 1.807) is 12.1 Å². The molecule has 0 spiro atoms. The zero-order valence-electron chi connectivity index (χ0n) is 10.6. The topological polar surface area (TPSA) is 66.7 Å². The summed E-state index contributed by atoms with van der Waals surface area (Å²) in [6, 6.07) is 3.38. The Bertz CT molecular complexity index is 543. The number of benzene rings is 1. The third-order valence-corrected chi connectivity index (χ3v) is 3.52. The highest BCUT2D eigenvalue weighted by molar-refractivity contribution is 6.39. The van der Waals surface area contributed by atoms with Crippen molar-refractivity contribution >= 4 is 34.6 Å². The van der Waals surface area contributed by atoms with Gasteiger partial charge in [-0.25, -0.2) is 0 Å². The molecule has 0 aliphatic rings. The fourth-order valence-corrected chi connectivity index (χ4v) is 2.52. The summed E-state index contributed by atoms with van der Waals surface area (Å²) in [6.45, 7) is 2.80. The summed E-state index contributed by atoms with van der Waals surface area (Å²) in [5.41, 5.74) is 9.31. The first-order valence-electron chi connectivity index (χ1n) is 6.05. The van der Waals surface area contributed by atoms with Crippen molar-refractivity contribution in [3.8, 4) is 0 Å². The predicted molar refractivity (Wildman–Crippen MR) is 81.0 cm³/mol. The number of hydrogen-bond acceptors (Lipinski definition) is 3. The lowest BCUT2D eigenvalue weighted by molar-refractivity contribution is 0.857. The summed E-state index contributed by atoms with van der Waals surface area (Å²) < 4.78 is 0. The number of aromatic amines is 1. The third kappa shape index (κ3) is 3.55. The van der Waals surface area contributed by atoms with Crippen molar-refractivity contribution in [3.05, 3.63) is 39.6 Å². The van der Waals surface area contributed by atoms with E-state index in [4.69, 9.17) is 28.9 Å². The van der Waals surface area contributed by atoms with Gasteiger partial charge in [-0.3, -0.25) is 5.10 Å². The molecule has 0 fully saturated rings. The van der Waals surface area contributed by atoms with Crippen LogP contribution in [0.15, 0.2) is 18.3 Å². The van der Waals surface area contributed by atoms with E-state index in [0.717, 1.165) is 30.8 Å². The molecule has 0 saturated carbocycles. The van der Waals surface area contributed by atoms with Crippen LogP contribution in [0.5, 0.6) is 0 Å². The molecule has 1 heterocycles. The molecule has 4 N–H and O–H groups in total. The Balaban J connectivity index is 1.88. The van der Waals surface area contributed by atoms with Crippen LogP contribution in [-0.4, -0.2) is 16.7 Å². The number of aryl methyl sites for hydroxylation is 2. The second-order valence-electron chi connectivity index (χ2n) is 4.41. The Morgan fingerprint density at radius 1 is 1.32 bits per heavy atom. The largest absolute Gasteiger partial charge is 0.399 e. The number of nitrogen functional groups attached to an aromatic ring is 1. The second kappa shape index (κ2) is 6.17. The maximum Gasteiger partial charge on any atom is 0.0720 e. The Morgan fingerprint density at radius 3 is 2.58 bits per heavy atom. The number of aromatic nitrogens is 2. The molecule has 0 aliphatic carbocycles. The number of halogens is 2. The second-order valence-corrected chi connectivity index (χ2v) is 5.22. The molecule has 0 amide bonds. The third-order valence-electron chi connectivity index (χ3n) is 2.92. The number of nitrogens with one attached hydrogen (secondary N) is 2. The van der Waals surface area contributed by atoms with Crippen LogP contribution in [0.1, 0.15) is 17.7 Å². The standard InChI is InChI=1S/C13H16Cl2N4/c1-8-9(7-18-19-8)3-2-4-17-13-11(14)5-10(16)6-12(13)15/h5-7,17H,2-4,16H2,1H3,(H,18,19). The maximum atomic E-state index is 6.10. The number of H-pyrrole nitrogens is 1. The van der Waals surface area contributed by atoms with Crippen molar-refractivity contribution in [1.29, 1.82) is 0 Å². The van der Waals surface area contributed by atoms with Crippen LogP contribution in [0.3, 0.4) is 0 Å². The summed E-state index contributed by atoms with van der Waals surface area (Å²) in [7, 11) is 0. The van der Waals surface area contributed by atoms with Gasteiger partial charge in [-0.2, -0.15) is 5.10 Å². The minimum Gasteiger partial charge on any atom is -0.399 e. The molecule has 0 radical (unpaired) electrons. The zero-order valence-corrected chi connectivity index (χ0v) is 12.1. The van der Waals surface area contributed by atoms with E-state index in [9.17, 15) is 0 Å².